The monoisotopic (exact) mass is 1920 g/mol. The van der Waals surface area contributed by atoms with Gasteiger partial charge in [0.25, 0.3) is 0 Å². The summed E-state index contributed by atoms with van der Waals surface area (Å²) in [4.78, 5) is 136. The first-order chi connectivity index (χ1) is 62.6. The van der Waals surface area contributed by atoms with Crippen molar-refractivity contribution in [3.05, 3.63) is 0 Å². The fourth-order valence-electron chi connectivity index (χ4n) is 17.0. The molecule has 2 saturated heterocycles. The predicted molar refractivity (Wildman–Crippen MR) is 506 cm³/mol. The number of nitrogens with one attached hydrogen (secondary N) is 2. The number of aliphatic hydroxyl groups excluding tert-OH is 3. The van der Waals surface area contributed by atoms with E-state index in [2.05, 4.69) is 52.2 Å². The highest BCUT2D eigenvalue weighted by atomic mass is 31.3. The second kappa shape index (κ2) is 78.7. The van der Waals surface area contributed by atoms with Gasteiger partial charge in [-0.25, -0.2) is 19.3 Å². The van der Waals surface area contributed by atoms with E-state index < -0.39 is 196 Å². The number of hydrogen-bond acceptors (Lipinski definition) is 25. The van der Waals surface area contributed by atoms with Crippen molar-refractivity contribution in [3.8, 4) is 0 Å². The van der Waals surface area contributed by atoms with Gasteiger partial charge in [0, 0.05) is 19.4 Å². The largest absolute Gasteiger partial charge is 0.481 e. The Balaban J connectivity index is 3.00. The number of carbonyl (C=O) groups excluding carboxylic acids is 6. The highest BCUT2D eigenvalue weighted by molar-refractivity contribution is 7.64. The summed E-state index contributed by atoms with van der Waals surface area (Å²) >= 11 is 0. The fraction of sp³-hybridized carbons (Fsp3) is 0.938. The van der Waals surface area contributed by atoms with Gasteiger partial charge in [-0.15, -0.1) is 0 Å². The number of rotatable bonds is 89. The van der Waals surface area contributed by atoms with Gasteiger partial charge in [0.1, 0.15) is 48.7 Å². The van der Waals surface area contributed by atoms with E-state index in [0.717, 1.165) is 276 Å². The summed E-state index contributed by atoms with van der Waals surface area (Å²) in [6.07, 6.45) is 31.1. The van der Waals surface area contributed by atoms with Crippen LogP contribution in [-0.2, 0) is 93.8 Å². The molecule has 2 heterocycles. The minimum Gasteiger partial charge on any atom is -0.462 e. The molecule has 2 rings (SSSR count). The molecule has 0 bridgehead atoms. The van der Waals surface area contributed by atoms with Crippen molar-refractivity contribution in [2.24, 2.45) is 11.6 Å². The molecule has 0 aromatic rings. The van der Waals surface area contributed by atoms with E-state index in [1.54, 1.807) is 0 Å². The molecule has 31 nitrogen and oxygen atoms in total. The number of hydrogen-bond donors (Lipinski definition) is 11. The molecular weight excluding hydrogens is 1730 g/mol. The molecule has 2 aliphatic rings. The maximum Gasteiger partial charge on any atom is 0.481 e. The Hall–Kier alpha value is -3.13. The van der Waals surface area contributed by atoms with Crippen molar-refractivity contribution >= 4 is 58.9 Å². The van der Waals surface area contributed by atoms with Crippen LogP contribution in [0.3, 0.4) is 0 Å². The quantitative estimate of drug-likeness (QED) is 0.00885. The molecule has 2 fully saturated rings. The molecule has 0 aliphatic carbocycles. The van der Waals surface area contributed by atoms with Crippen LogP contribution in [0.25, 0.3) is 0 Å². The molecule has 6 unspecified atom stereocenters. The van der Waals surface area contributed by atoms with E-state index in [1.807, 2.05) is 0 Å². The Morgan fingerprint density at radius 1 is 0.369 bits per heavy atom. The number of aliphatic hydroxyl groups is 3. The van der Waals surface area contributed by atoms with E-state index in [1.165, 1.54) is 44.9 Å². The summed E-state index contributed by atoms with van der Waals surface area (Å²) < 4.78 is 101. The summed E-state index contributed by atoms with van der Waals surface area (Å²) in [6.45, 7) is 10.6. The van der Waals surface area contributed by atoms with Crippen LogP contribution in [0.5, 0.6) is 0 Å². The molecule has 0 aromatic carbocycles. The van der Waals surface area contributed by atoms with Gasteiger partial charge in [0.2, 0.25) is 11.8 Å². The van der Waals surface area contributed by atoms with Gasteiger partial charge in [-0.3, -0.25) is 42.4 Å². The predicted octanol–water partition coefficient (Wildman–Crippen LogP) is 20.7. The fourth-order valence-corrected chi connectivity index (χ4v) is 20.2. The number of unbranched alkanes of at least 4 members (excludes halogenated alkanes) is 50. The van der Waals surface area contributed by atoms with Crippen molar-refractivity contribution in [2.45, 2.75) is 551 Å². The van der Waals surface area contributed by atoms with Gasteiger partial charge in [0.05, 0.1) is 57.3 Å². The van der Waals surface area contributed by atoms with Crippen LogP contribution in [0, 0.1) is 0 Å². The highest BCUT2D eigenvalue weighted by Gasteiger charge is 2.56. The summed E-state index contributed by atoms with van der Waals surface area (Å²) in [6, 6.07) is -4.04. The van der Waals surface area contributed by atoms with Gasteiger partial charge in [-0.05, 0) is 51.4 Å². The zero-order valence-electron chi connectivity index (χ0n) is 81.4. The third-order valence-electron chi connectivity index (χ3n) is 24.6. The number of nitrogens with two attached hydrogens (primary N) is 2. The number of esters is 4. The topological polar surface area (TPSA) is 473 Å². The number of phosphoric acid groups is 2. The van der Waals surface area contributed by atoms with Crippen molar-refractivity contribution in [1.82, 2.24) is 10.6 Å². The number of carbonyl (C=O) groups is 6. The first kappa shape index (κ1) is 123. The summed E-state index contributed by atoms with van der Waals surface area (Å²) in [5, 5.41) is 40.8. The number of amides is 2. The van der Waals surface area contributed by atoms with E-state index in [-0.39, 0.29) is 38.5 Å². The lowest BCUT2D eigenvalue weighted by atomic mass is 9.95. The molecule has 0 aromatic heterocycles. The Bertz CT molecular complexity index is 2990. The zero-order valence-corrected chi connectivity index (χ0v) is 84.1. The number of phosphoric ester groups is 2. The van der Waals surface area contributed by atoms with Crippen molar-refractivity contribution in [3.63, 3.8) is 0 Å². The lowest BCUT2D eigenvalue weighted by Gasteiger charge is -2.47. The summed E-state index contributed by atoms with van der Waals surface area (Å²) in [5.41, 5.74) is 5.59. The molecule has 766 valence electrons. The smallest absolute Gasteiger partial charge is 0.462 e. The molecule has 130 heavy (non-hydrogen) atoms. The average Bonchev–Trinajstić information content (AvgIpc) is 0.775. The molecule has 2 amide bonds. The minimum absolute atomic E-state index is 0.0601. The molecule has 0 saturated carbocycles. The lowest BCUT2D eigenvalue weighted by Crippen LogP contribution is -2.68. The molecule has 34 heteroatoms. The molecule has 0 spiro atoms. The third kappa shape index (κ3) is 64.1. The van der Waals surface area contributed by atoms with E-state index in [9.17, 15) is 67.8 Å². The molecular formula is C96H185N4O27P3. The zero-order chi connectivity index (χ0) is 95.7. The standard InChI is InChI=1S/C96H185N4O27P3/c1-7-13-19-25-31-37-38-44-50-56-62-68-86(106)120-80(66-60-54-48-42-35-29-23-17-11-5)74-88(108)124-94-90(100-84(104)73-79(65-59-53-47-41-34-28-22-16-10-4)119-85(105)67-61-55-49-43-36-30-24-18-12-6)95(122-82(76-118-98)92(94)125-129(112,113)114)117-75-81-91(109)93(123-87(107)72-78(102)64-58-52-46-40-33-27-21-15-9-3)89(96(121-81)126-130(115,116)127-128(110,111)70-69-97)99-83(103)71-77(101)63-57-51-45-39-32-26-20-14-8-2/h77-82,89-96,101-102,109H,7-76,97-98H2,1-6H3,(H,99,103)(H,100,104)(H,110,111)(H,115,116)(H2,112,113,114)/t77-,78-,79-,80-,81?,82-,89-,90?,91-,92-,93?,94?,95-,96-/m1/s1. The van der Waals surface area contributed by atoms with E-state index >= 15 is 9.59 Å². The molecule has 2 aliphatic heterocycles. The maximum absolute atomic E-state index is 15.3. The maximum atomic E-state index is 15.3. The van der Waals surface area contributed by atoms with Crippen LogP contribution in [0.15, 0.2) is 0 Å². The number of ether oxygens (including phenoxy) is 7. The second-order valence-corrected chi connectivity index (χ2v) is 41.6. The van der Waals surface area contributed by atoms with Gasteiger partial charge < -0.3 is 89.3 Å². The van der Waals surface area contributed by atoms with Gasteiger partial charge >= 0.3 is 47.1 Å². The third-order valence-corrected chi connectivity index (χ3v) is 28.2. The minimum atomic E-state index is -5.93. The van der Waals surface area contributed by atoms with Gasteiger partial charge in [-0.1, -0.05) is 375 Å². The molecule has 13 N–H and O–H groups in total. The van der Waals surface area contributed by atoms with Crippen LogP contribution < -0.4 is 22.3 Å². The van der Waals surface area contributed by atoms with Gasteiger partial charge in [0.15, 0.2) is 24.8 Å². The van der Waals surface area contributed by atoms with E-state index in [4.69, 9.17) is 63.0 Å². The van der Waals surface area contributed by atoms with Crippen LogP contribution in [0.4, 0.5) is 0 Å². The first-order valence-electron chi connectivity index (χ1n) is 51.7. The van der Waals surface area contributed by atoms with Crippen molar-refractivity contribution in [2.75, 3.05) is 25.9 Å². The van der Waals surface area contributed by atoms with Gasteiger partial charge in [-0.2, -0.15) is 0 Å². The van der Waals surface area contributed by atoms with Crippen LogP contribution in [0.1, 0.15) is 465 Å². The van der Waals surface area contributed by atoms with E-state index in [0.29, 0.717) is 38.5 Å². The van der Waals surface area contributed by atoms with Crippen molar-refractivity contribution < 1.29 is 129 Å². The Labute approximate surface area is 782 Å². The van der Waals surface area contributed by atoms with Crippen molar-refractivity contribution in [1.29, 1.82) is 0 Å². The Morgan fingerprint density at radius 3 is 1.07 bits per heavy atom. The summed E-state index contributed by atoms with van der Waals surface area (Å²) in [7, 11) is -16.8. The Morgan fingerprint density at radius 2 is 0.692 bits per heavy atom. The summed E-state index contributed by atoms with van der Waals surface area (Å²) in [5.74, 6) is 0.516. The SMILES string of the molecule is CCCCCCCCCCCCCC(=O)O[C@H](CCCCCCCCCCC)CC(=O)OC1C(NC(=O)C[C@@H](CCCCCCCCCCC)OC(=O)CCCCCCCCCCC)[C@H](OCC2O[C@H](OP(=O)(O)OP(=O)(O)CCN)[C@H](NC(=O)C[C@H](O)CCCCCCCCCCC)C(OC(=O)C[C@H](O)CCCCCCCCCCC)[C@@H]2O)O[C@H](CON)[C@H]1OP(=O)(O)O. The van der Waals surface area contributed by atoms with Crippen LogP contribution >= 0.6 is 23.2 Å². The van der Waals surface area contributed by atoms with Crippen LogP contribution in [0.2, 0.25) is 0 Å². The highest BCUT2D eigenvalue weighted by Crippen LogP contribution is 2.61. The first-order valence-corrected chi connectivity index (χ1v) is 56.5. The molecule has 16 atom stereocenters. The lowest BCUT2D eigenvalue weighted by molar-refractivity contribution is -0.298. The average molecular weight is 1920 g/mol. The second-order valence-electron chi connectivity index (χ2n) is 36.9. The Kier molecular flexibility index (Phi) is 74.5. The normalized spacial score (nSPS) is 20.8. The molecule has 0 radical (unpaired) electrons. The van der Waals surface area contributed by atoms with Crippen LogP contribution in [-0.4, -0.2) is 182 Å².